The van der Waals surface area contributed by atoms with Gasteiger partial charge in [-0.15, -0.1) is 0 Å². The monoisotopic (exact) mass is 240 g/mol. The molecule has 2 heteroatoms. The Kier molecular flexibility index (Phi) is 7.87. The lowest BCUT2D eigenvalue weighted by molar-refractivity contribution is 0.191. The molecule has 0 aromatic heterocycles. The van der Waals surface area contributed by atoms with Crippen molar-refractivity contribution in [3.8, 4) is 0 Å². The van der Waals surface area contributed by atoms with Crippen LogP contribution in [-0.2, 0) is 0 Å². The first-order chi connectivity index (χ1) is 8.31. The summed E-state index contributed by atoms with van der Waals surface area (Å²) in [6.45, 7) is 11.8. The smallest absolute Gasteiger partial charge is 0.0218 e. The van der Waals surface area contributed by atoms with E-state index >= 15 is 0 Å². The molecular formula is C15H32N2. The maximum absolute atomic E-state index is 3.51. The predicted octanol–water partition coefficient (Wildman–Crippen LogP) is 3.28. The minimum absolute atomic E-state index is 0.760. The van der Waals surface area contributed by atoms with Crippen molar-refractivity contribution >= 4 is 0 Å². The van der Waals surface area contributed by atoms with Crippen LogP contribution in [0.15, 0.2) is 0 Å². The van der Waals surface area contributed by atoms with E-state index in [9.17, 15) is 0 Å². The van der Waals surface area contributed by atoms with Crippen LogP contribution >= 0.6 is 0 Å². The van der Waals surface area contributed by atoms with Crippen molar-refractivity contribution in [1.29, 1.82) is 0 Å². The molecule has 0 spiro atoms. The minimum Gasteiger partial charge on any atom is -0.315 e. The highest BCUT2D eigenvalue weighted by molar-refractivity contribution is 4.77. The van der Waals surface area contributed by atoms with Gasteiger partial charge in [-0.05, 0) is 51.2 Å². The molecule has 0 radical (unpaired) electrons. The van der Waals surface area contributed by atoms with E-state index in [0.29, 0.717) is 0 Å². The van der Waals surface area contributed by atoms with Gasteiger partial charge in [0.2, 0.25) is 0 Å². The molecule has 17 heavy (non-hydrogen) atoms. The van der Waals surface area contributed by atoms with Gasteiger partial charge >= 0.3 is 0 Å². The van der Waals surface area contributed by atoms with Gasteiger partial charge in [-0.1, -0.05) is 33.6 Å². The fraction of sp³-hybridized carbons (Fsp3) is 1.00. The first kappa shape index (κ1) is 15.0. The van der Waals surface area contributed by atoms with E-state index in [1.54, 1.807) is 0 Å². The maximum Gasteiger partial charge on any atom is 0.0218 e. The molecule has 2 atom stereocenters. The Hall–Kier alpha value is -0.0800. The largest absolute Gasteiger partial charge is 0.315 e. The van der Waals surface area contributed by atoms with Crippen molar-refractivity contribution in [3.05, 3.63) is 0 Å². The van der Waals surface area contributed by atoms with E-state index in [-0.39, 0.29) is 0 Å². The first-order valence-corrected chi connectivity index (χ1v) is 7.76. The average molecular weight is 240 g/mol. The van der Waals surface area contributed by atoms with Gasteiger partial charge in [0, 0.05) is 12.6 Å². The van der Waals surface area contributed by atoms with Crippen molar-refractivity contribution in [2.45, 2.75) is 65.3 Å². The van der Waals surface area contributed by atoms with E-state index < -0.39 is 0 Å². The molecule has 0 aliphatic carbocycles. The fourth-order valence-electron chi connectivity index (χ4n) is 3.09. The highest BCUT2D eigenvalue weighted by atomic mass is 15.2. The zero-order chi connectivity index (χ0) is 12.5. The number of nitrogens with one attached hydrogen (secondary N) is 1. The van der Waals surface area contributed by atoms with Crippen molar-refractivity contribution in [2.75, 3.05) is 26.2 Å². The second-order valence-corrected chi connectivity index (χ2v) is 5.49. The Bertz CT molecular complexity index is 182. The molecule has 1 fully saturated rings. The molecule has 1 aliphatic heterocycles. The van der Waals surface area contributed by atoms with Gasteiger partial charge < -0.3 is 5.32 Å². The summed E-state index contributed by atoms with van der Waals surface area (Å²) in [5.41, 5.74) is 0. The lowest BCUT2D eigenvalue weighted by atomic mass is 9.96. The number of likely N-dealkylation sites (tertiary alicyclic amines) is 1. The third-order valence-corrected chi connectivity index (χ3v) is 4.20. The molecule has 0 aromatic carbocycles. The van der Waals surface area contributed by atoms with Crippen LogP contribution in [0.4, 0.5) is 0 Å². The summed E-state index contributed by atoms with van der Waals surface area (Å²) in [5, 5.41) is 3.51. The molecule has 0 amide bonds. The van der Waals surface area contributed by atoms with Gasteiger partial charge in [-0.25, -0.2) is 0 Å². The number of nitrogens with zero attached hydrogens (tertiary/aromatic N) is 1. The topological polar surface area (TPSA) is 15.3 Å². The molecule has 102 valence electrons. The zero-order valence-corrected chi connectivity index (χ0v) is 12.2. The standard InChI is InChI=1S/C15H32N2/c1-4-8-14-9-7-11-17(12-10-14)15(5-2)13-16-6-3/h14-16H,4-13H2,1-3H3. The van der Waals surface area contributed by atoms with E-state index in [4.69, 9.17) is 0 Å². The molecule has 2 unspecified atom stereocenters. The van der Waals surface area contributed by atoms with Gasteiger partial charge in [0.05, 0.1) is 0 Å². The second-order valence-electron chi connectivity index (χ2n) is 5.49. The van der Waals surface area contributed by atoms with Crippen molar-refractivity contribution < 1.29 is 0 Å². The van der Waals surface area contributed by atoms with Crippen LogP contribution in [0.5, 0.6) is 0 Å². The highest BCUT2D eigenvalue weighted by Crippen LogP contribution is 2.23. The summed E-state index contributed by atoms with van der Waals surface area (Å²) in [6, 6.07) is 0.760. The molecule has 0 aromatic rings. The van der Waals surface area contributed by atoms with Gasteiger partial charge in [0.15, 0.2) is 0 Å². The fourth-order valence-corrected chi connectivity index (χ4v) is 3.09. The maximum atomic E-state index is 3.51. The Labute approximate surface area is 108 Å². The van der Waals surface area contributed by atoms with Crippen LogP contribution in [-0.4, -0.2) is 37.1 Å². The molecule has 0 bridgehead atoms. The molecule has 1 N–H and O–H groups in total. The van der Waals surface area contributed by atoms with Crippen LogP contribution < -0.4 is 5.32 Å². The van der Waals surface area contributed by atoms with Gasteiger partial charge in [-0.2, -0.15) is 0 Å². The third-order valence-electron chi connectivity index (χ3n) is 4.20. The molecule has 1 aliphatic rings. The Morgan fingerprint density at radius 2 is 2.00 bits per heavy atom. The summed E-state index contributed by atoms with van der Waals surface area (Å²) < 4.78 is 0. The molecule has 1 rings (SSSR count). The van der Waals surface area contributed by atoms with Crippen molar-refractivity contribution in [1.82, 2.24) is 10.2 Å². The molecule has 2 nitrogen and oxygen atoms in total. The van der Waals surface area contributed by atoms with E-state index in [0.717, 1.165) is 18.5 Å². The average Bonchev–Trinajstić information content (AvgIpc) is 2.57. The highest BCUT2D eigenvalue weighted by Gasteiger charge is 2.21. The lowest BCUT2D eigenvalue weighted by Crippen LogP contribution is -2.42. The number of hydrogen-bond donors (Lipinski definition) is 1. The SMILES string of the molecule is CCCC1CCCN(C(CC)CNCC)CC1. The van der Waals surface area contributed by atoms with E-state index in [2.05, 4.69) is 31.0 Å². The lowest BCUT2D eigenvalue weighted by Gasteiger charge is -2.30. The van der Waals surface area contributed by atoms with Gasteiger partial charge in [0.25, 0.3) is 0 Å². The molecule has 0 saturated carbocycles. The van der Waals surface area contributed by atoms with Crippen LogP contribution in [0.1, 0.15) is 59.3 Å². The molecule has 1 heterocycles. The Balaban J connectivity index is 2.37. The predicted molar refractivity (Wildman–Crippen MR) is 76.4 cm³/mol. The number of hydrogen-bond acceptors (Lipinski definition) is 2. The summed E-state index contributed by atoms with van der Waals surface area (Å²) in [6.07, 6.45) is 8.38. The van der Waals surface area contributed by atoms with E-state index in [1.165, 1.54) is 58.2 Å². The Morgan fingerprint density at radius 3 is 2.65 bits per heavy atom. The molecule has 1 saturated heterocycles. The second kappa shape index (κ2) is 8.93. The summed E-state index contributed by atoms with van der Waals surface area (Å²) in [5.74, 6) is 1.00. The first-order valence-electron chi connectivity index (χ1n) is 7.76. The minimum atomic E-state index is 0.760. The van der Waals surface area contributed by atoms with Crippen LogP contribution in [0.2, 0.25) is 0 Å². The third kappa shape index (κ3) is 5.39. The van der Waals surface area contributed by atoms with Gasteiger partial charge in [0.1, 0.15) is 0 Å². The zero-order valence-electron chi connectivity index (χ0n) is 12.2. The number of rotatable bonds is 7. The van der Waals surface area contributed by atoms with Crippen LogP contribution in [0.25, 0.3) is 0 Å². The summed E-state index contributed by atoms with van der Waals surface area (Å²) in [7, 11) is 0. The van der Waals surface area contributed by atoms with Crippen molar-refractivity contribution in [3.63, 3.8) is 0 Å². The molecular weight excluding hydrogens is 208 g/mol. The quantitative estimate of drug-likeness (QED) is 0.735. The summed E-state index contributed by atoms with van der Waals surface area (Å²) >= 11 is 0. The Morgan fingerprint density at radius 1 is 1.18 bits per heavy atom. The van der Waals surface area contributed by atoms with Crippen LogP contribution in [0.3, 0.4) is 0 Å². The number of likely N-dealkylation sites (N-methyl/N-ethyl adjacent to an activating group) is 1. The van der Waals surface area contributed by atoms with E-state index in [1.807, 2.05) is 0 Å². The van der Waals surface area contributed by atoms with Crippen molar-refractivity contribution in [2.24, 2.45) is 5.92 Å². The van der Waals surface area contributed by atoms with Gasteiger partial charge in [-0.3, -0.25) is 4.90 Å². The summed E-state index contributed by atoms with van der Waals surface area (Å²) in [4.78, 5) is 2.73. The van der Waals surface area contributed by atoms with Crippen LogP contribution in [0, 0.1) is 5.92 Å². The normalized spacial score (nSPS) is 24.5.